The fourth-order valence-corrected chi connectivity index (χ4v) is 0.404. The van der Waals surface area contributed by atoms with E-state index in [1.54, 1.807) is 0 Å². The van der Waals surface area contributed by atoms with Crippen LogP contribution in [0.15, 0.2) is 22.3 Å². The van der Waals surface area contributed by atoms with Gasteiger partial charge in [0, 0.05) is 11.7 Å². The summed E-state index contributed by atoms with van der Waals surface area (Å²) in [6.45, 7) is 0.295. The van der Waals surface area contributed by atoms with Gasteiger partial charge in [-0.05, 0) is 6.08 Å². The smallest absolute Gasteiger partial charge is 0.105 e. The van der Waals surface area contributed by atoms with E-state index in [2.05, 4.69) is 5.48 Å². The Labute approximate surface area is 74.3 Å². The molecule has 0 heterocycles. The van der Waals surface area contributed by atoms with Crippen molar-refractivity contribution in [2.75, 3.05) is 6.61 Å². The predicted octanol–water partition coefficient (Wildman–Crippen LogP) is 2.54. The Hall–Kier alpha value is 0.110. The summed E-state index contributed by atoms with van der Waals surface area (Å²) in [4.78, 5) is 4.72. The van der Waals surface area contributed by atoms with Gasteiger partial charge in [0.25, 0.3) is 0 Å². The molecule has 0 rings (SSSR count). The lowest BCUT2D eigenvalue weighted by molar-refractivity contribution is 0.0956. The molecule has 0 unspecified atom stereocenters. The largest absolute Gasteiger partial charge is 0.273 e. The number of hydrogen-bond acceptors (Lipinski definition) is 2. The van der Waals surface area contributed by atoms with Crippen LogP contribution in [0.1, 0.15) is 0 Å². The van der Waals surface area contributed by atoms with E-state index in [4.69, 9.17) is 39.6 Å². The quantitative estimate of drug-likeness (QED) is 0.559. The summed E-state index contributed by atoms with van der Waals surface area (Å²) in [6.07, 6.45) is 2.93. The van der Waals surface area contributed by atoms with Gasteiger partial charge in [0.2, 0.25) is 0 Å². The van der Waals surface area contributed by atoms with E-state index in [0.29, 0.717) is 6.61 Å². The van der Waals surface area contributed by atoms with Crippen molar-refractivity contribution in [1.82, 2.24) is 5.48 Å². The van der Waals surface area contributed by atoms with Crippen LogP contribution < -0.4 is 5.48 Å². The summed E-state index contributed by atoms with van der Waals surface area (Å²) in [5, 5.41) is 0. The van der Waals surface area contributed by atoms with Crippen LogP contribution in [0.2, 0.25) is 0 Å². The molecular formula is C5H6Cl3NO. The summed E-state index contributed by atoms with van der Waals surface area (Å²) >= 11 is 15.7. The monoisotopic (exact) mass is 201 g/mol. The molecule has 0 saturated heterocycles. The molecule has 58 valence electrons. The normalized spacial score (nSPS) is 9.90. The lowest BCUT2D eigenvalue weighted by atomic mass is 10.7. The van der Waals surface area contributed by atoms with Crippen LogP contribution in [0.5, 0.6) is 0 Å². The first-order chi connectivity index (χ1) is 4.77. The molecule has 1 N–H and O–H groups in total. The molecule has 0 aromatic heterocycles. The molecule has 0 amide bonds. The van der Waals surface area contributed by atoms with Crippen molar-refractivity contribution in [3.63, 3.8) is 0 Å². The van der Waals surface area contributed by atoms with Crippen LogP contribution in [0, 0.1) is 0 Å². The molecule has 0 fully saturated rings. The van der Waals surface area contributed by atoms with Crippen LogP contribution in [0.4, 0.5) is 0 Å². The van der Waals surface area contributed by atoms with Crippen molar-refractivity contribution in [2.45, 2.75) is 0 Å². The number of hydrogen-bond donors (Lipinski definition) is 1. The van der Waals surface area contributed by atoms with Gasteiger partial charge in [-0.25, -0.2) is 0 Å². The van der Waals surface area contributed by atoms with Crippen molar-refractivity contribution in [2.24, 2.45) is 0 Å². The molecule has 5 heteroatoms. The maximum absolute atomic E-state index is 5.27. The van der Waals surface area contributed by atoms with Crippen molar-refractivity contribution in [3.8, 4) is 0 Å². The maximum atomic E-state index is 5.27. The van der Waals surface area contributed by atoms with Gasteiger partial charge in [-0.2, -0.15) is 0 Å². The van der Waals surface area contributed by atoms with Crippen molar-refractivity contribution >= 4 is 34.8 Å². The van der Waals surface area contributed by atoms with Gasteiger partial charge in [0.1, 0.15) is 4.49 Å². The van der Waals surface area contributed by atoms with Crippen molar-refractivity contribution in [1.29, 1.82) is 0 Å². The summed E-state index contributed by atoms with van der Waals surface area (Å²) in [7, 11) is 0. The van der Waals surface area contributed by atoms with Crippen LogP contribution in [0.3, 0.4) is 0 Å². The zero-order valence-electron chi connectivity index (χ0n) is 4.98. The third kappa shape index (κ3) is 8.11. The molecule has 0 aliphatic heterocycles. The summed E-state index contributed by atoms with van der Waals surface area (Å²) in [5.74, 6) is 0. The van der Waals surface area contributed by atoms with Crippen LogP contribution >= 0.6 is 34.8 Å². The fourth-order valence-electron chi connectivity index (χ4n) is 0.227. The molecule has 0 saturated carbocycles. The van der Waals surface area contributed by atoms with Crippen LogP contribution in [-0.4, -0.2) is 6.61 Å². The Morgan fingerprint density at radius 3 is 2.70 bits per heavy atom. The Morgan fingerprint density at radius 2 is 2.20 bits per heavy atom. The molecule has 0 atom stereocenters. The topological polar surface area (TPSA) is 21.3 Å². The van der Waals surface area contributed by atoms with Gasteiger partial charge in [-0.15, -0.1) is 0 Å². The van der Waals surface area contributed by atoms with Crippen molar-refractivity contribution < 1.29 is 4.84 Å². The number of nitrogens with one attached hydrogen (secondary N) is 1. The summed E-state index contributed by atoms with van der Waals surface area (Å²) in [5.41, 5.74) is 3.70. The highest BCUT2D eigenvalue weighted by Crippen LogP contribution is 2.04. The zero-order valence-corrected chi connectivity index (χ0v) is 7.25. The van der Waals surface area contributed by atoms with Gasteiger partial charge in [0.15, 0.2) is 0 Å². The minimum Gasteiger partial charge on any atom is -0.273 e. The molecule has 2 nitrogen and oxygen atoms in total. The summed E-state index contributed by atoms with van der Waals surface area (Å²) < 4.78 is 0.177. The fraction of sp³-hybridized carbons (Fsp3) is 0.200. The highest BCUT2D eigenvalue weighted by molar-refractivity contribution is 6.55. The van der Waals surface area contributed by atoms with E-state index in [9.17, 15) is 0 Å². The number of rotatable bonds is 4. The highest BCUT2D eigenvalue weighted by Gasteiger charge is 1.81. The minimum absolute atomic E-state index is 0.177. The standard InChI is InChI=1S/C5H6Cl3NO/c6-2-3-9-10-4-1-5(7)8/h1-3,9H,4H2. The molecule has 0 aliphatic rings. The molecule has 0 aromatic carbocycles. The molecular weight excluding hydrogens is 196 g/mol. The van der Waals surface area contributed by atoms with Gasteiger partial charge in [-0.3, -0.25) is 10.3 Å². The Bertz CT molecular complexity index is 131. The second-order valence-corrected chi connectivity index (χ2v) is 2.48. The van der Waals surface area contributed by atoms with Crippen LogP contribution in [-0.2, 0) is 4.84 Å². The van der Waals surface area contributed by atoms with E-state index >= 15 is 0 Å². The lowest BCUT2D eigenvalue weighted by Gasteiger charge is -1.95. The molecule has 0 bridgehead atoms. The highest BCUT2D eigenvalue weighted by atomic mass is 35.5. The minimum atomic E-state index is 0.177. The zero-order chi connectivity index (χ0) is 7.82. The number of hydroxylamine groups is 1. The third-order valence-electron chi connectivity index (χ3n) is 0.535. The van der Waals surface area contributed by atoms with E-state index < -0.39 is 0 Å². The van der Waals surface area contributed by atoms with E-state index in [1.165, 1.54) is 17.8 Å². The summed E-state index contributed by atoms with van der Waals surface area (Å²) in [6, 6.07) is 0. The first-order valence-corrected chi connectivity index (χ1v) is 3.60. The van der Waals surface area contributed by atoms with Crippen LogP contribution in [0.25, 0.3) is 0 Å². The van der Waals surface area contributed by atoms with Gasteiger partial charge >= 0.3 is 0 Å². The Kier molecular flexibility index (Phi) is 7.30. The molecule has 0 spiro atoms. The Morgan fingerprint density at radius 1 is 1.50 bits per heavy atom. The molecule has 10 heavy (non-hydrogen) atoms. The Balaban J connectivity index is 3.13. The average molecular weight is 202 g/mol. The molecule has 0 aromatic rings. The first kappa shape index (κ1) is 10.1. The lowest BCUT2D eigenvalue weighted by Crippen LogP contribution is -2.05. The predicted molar refractivity (Wildman–Crippen MR) is 43.9 cm³/mol. The van der Waals surface area contributed by atoms with E-state index in [0.717, 1.165) is 0 Å². The SMILES string of the molecule is ClC=CNOCC=C(Cl)Cl. The average Bonchev–Trinajstić information content (AvgIpc) is 1.87. The first-order valence-electron chi connectivity index (χ1n) is 2.41. The van der Waals surface area contributed by atoms with Gasteiger partial charge < -0.3 is 0 Å². The molecule has 0 radical (unpaired) electrons. The van der Waals surface area contributed by atoms with Gasteiger partial charge in [0.05, 0.1) is 6.61 Å². The van der Waals surface area contributed by atoms with Crippen molar-refractivity contribution in [3.05, 3.63) is 22.3 Å². The van der Waals surface area contributed by atoms with E-state index in [-0.39, 0.29) is 4.49 Å². The maximum Gasteiger partial charge on any atom is 0.105 e. The number of halogens is 3. The second-order valence-electron chi connectivity index (χ2n) is 1.22. The van der Waals surface area contributed by atoms with Gasteiger partial charge in [-0.1, -0.05) is 34.8 Å². The molecule has 0 aliphatic carbocycles. The van der Waals surface area contributed by atoms with E-state index in [1.807, 2.05) is 0 Å². The third-order valence-corrected chi connectivity index (χ3v) is 0.970. The second kappa shape index (κ2) is 7.22.